The molecule has 0 radical (unpaired) electrons. The number of nitrogens with two attached hydrogens (primary N) is 1. The van der Waals surface area contributed by atoms with E-state index in [1.165, 1.54) is 0 Å². The van der Waals surface area contributed by atoms with Gasteiger partial charge in [-0.25, -0.2) is 0 Å². The van der Waals surface area contributed by atoms with Crippen LogP contribution in [-0.4, -0.2) is 13.1 Å². The van der Waals surface area contributed by atoms with Gasteiger partial charge in [0.2, 0.25) is 0 Å². The Bertz CT molecular complexity index is 15.1. The molecule has 36 valence electrons. The first-order chi connectivity index (χ1) is 2.41. The third-order valence-electron chi connectivity index (χ3n) is 0.220. The molecule has 0 aromatic heterocycles. The van der Waals surface area contributed by atoms with Gasteiger partial charge in [0.1, 0.15) is 0 Å². The van der Waals surface area contributed by atoms with E-state index in [4.69, 9.17) is 5.73 Å². The van der Waals surface area contributed by atoms with Crippen molar-refractivity contribution in [3.8, 4) is 0 Å². The van der Waals surface area contributed by atoms with Crippen LogP contribution in [0.5, 0.6) is 0 Å². The van der Waals surface area contributed by atoms with Crippen LogP contribution in [0.25, 0.3) is 0 Å². The van der Waals surface area contributed by atoms with Gasteiger partial charge in [-0.05, 0) is 0 Å². The number of nitrogens with one attached hydrogen (secondary N) is 1. The van der Waals surface area contributed by atoms with Crippen LogP contribution in [-0.2, 0) is 21.3 Å². The van der Waals surface area contributed by atoms with Gasteiger partial charge in [0.05, 0.1) is 0 Å². The Balaban J connectivity index is 2.19. The fourth-order valence-corrected chi connectivity index (χ4v) is 0.257. The Labute approximate surface area is 44.4 Å². The third-order valence-corrected chi connectivity index (χ3v) is 0.590. The van der Waals surface area contributed by atoms with E-state index >= 15 is 0 Å². The van der Waals surface area contributed by atoms with Crippen LogP contribution in [0.2, 0.25) is 0 Å². The summed E-state index contributed by atoms with van der Waals surface area (Å²) in [6, 6.07) is 0. The maximum atomic E-state index is 5.05. The van der Waals surface area contributed by atoms with Gasteiger partial charge in [-0.15, -0.1) is 0 Å². The summed E-state index contributed by atoms with van der Waals surface area (Å²) >= 11 is 2.99. The van der Waals surface area contributed by atoms with Gasteiger partial charge in [-0.1, -0.05) is 0 Å². The third kappa shape index (κ3) is 4.66. The molecule has 0 rings (SSSR count). The first-order valence-electron chi connectivity index (χ1n) is 1.41. The SMILES string of the molecule is NCC[NH][Ag]. The molecule has 0 saturated heterocycles. The molecule has 3 N–H and O–H groups in total. The summed E-state index contributed by atoms with van der Waals surface area (Å²) in [7, 11) is 0. The van der Waals surface area contributed by atoms with E-state index in [0.717, 1.165) is 6.54 Å². The molecule has 0 aromatic carbocycles. The molecular formula is C2H7AgN2. The molecule has 0 aliphatic heterocycles. The summed E-state index contributed by atoms with van der Waals surface area (Å²) in [5.74, 6) is 0. The maximum absolute atomic E-state index is 5.05. The summed E-state index contributed by atoms with van der Waals surface area (Å²) in [4.78, 5) is 0. The first-order valence-corrected chi connectivity index (χ1v) is 2.15. The zero-order valence-electron chi connectivity index (χ0n) is 2.79. The van der Waals surface area contributed by atoms with E-state index in [1.54, 1.807) is 0 Å². The molecule has 0 aliphatic rings. The summed E-state index contributed by atoms with van der Waals surface area (Å²) < 4.78 is 2.70. The van der Waals surface area contributed by atoms with E-state index in [1.807, 2.05) is 0 Å². The van der Waals surface area contributed by atoms with Crippen molar-refractivity contribution in [1.29, 1.82) is 0 Å². The van der Waals surface area contributed by atoms with Crippen molar-refractivity contribution in [2.75, 3.05) is 13.1 Å². The Morgan fingerprint density at radius 2 is 2.40 bits per heavy atom. The zero-order chi connectivity index (χ0) is 4.12. The van der Waals surface area contributed by atoms with Crippen LogP contribution in [0.1, 0.15) is 0 Å². The molecular weight excluding hydrogens is 160 g/mol. The fraction of sp³-hybridized carbons (Fsp3) is 1.00. The first kappa shape index (κ1) is 5.66. The topological polar surface area (TPSA) is 38.0 Å². The van der Waals surface area contributed by atoms with Crippen molar-refractivity contribution in [2.24, 2.45) is 5.73 Å². The van der Waals surface area contributed by atoms with Crippen LogP contribution >= 0.6 is 0 Å². The van der Waals surface area contributed by atoms with Gasteiger partial charge in [-0.2, -0.15) is 0 Å². The van der Waals surface area contributed by atoms with Crippen LogP contribution in [0.4, 0.5) is 0 Å². The minimum atomic E-state index is 0.685. The molecule has 0 spiro atoms. The Morgan fingerprint density at radius 3 is 2.40 bits per heavy atom. The average molecular weight is 167 g/mol. The molecule has 0 aliphatic carbocycles. The van der Waals surface area contributed by atoms with Gasteiger partial charge in [0, 0.05) is 0 Å². The number of hydrogen-bond donors (Lipinski definition) is 2. The average Bonchev–Trinajstić information content (AvgIpc) is 1.41. The second-order valence-electron chi connectivity index (χ2n) is 0.645. The second-order valence-corrected chi connectivity index (χ2v) is 1.17. The summed E-state index contributed by atoms with van der Waals surface area (Å²) in [6.45, 7) is 1.52. The number of hydrogen-bond acceptors (Lipinski definition) is 2. The Hall–Kier alpha value is 0.660. The normalized spacial score (nSPS) is 8.60. The van der Waals surface area contributed by atoms with E-state index < -0.39 is 0 Å². The molecule has 2 nitrogen and oxygen atoms in total. The fourth-order valence-electron chi connectivity index (χ4n) is 0.0435. The van der Waals surface area contributed by atoms with Crippen LogP contribution in [0.3, 0.4) is 0 Å². The Kier molecular flexibility index (Phi) is 5.28. The van der Waals surface area contributed by atoms with Gasteiger partial charge in [0.15, 0.2) is 0 Å². The van der Waals surface area contributed by atoms with Crippen LogP contribution in [0.15, 0.2) is 0 Å². The molecule has 0 unspecified atom stereocenters. The predicted octanol–water partition coefficient (Wildman–Crippen LogP) is -1.00. The van der Waals surface area contributed by atoms with E-state index in [-0.39, 0.29) is 0 Å². The monoisotopic (exact) mass is 166 g/mol. The van der Waals surface area contributed by atoms with Gasteiger partial charge >= 0.3 is 43.9 Å². The molecule has 0 fully saturated rings. The summed E-state index contributed by atoms with van der Waals surface area (Å²) in [6.07, 6.45) is 0. The molecule has 0 saturated carbocycles. The van der Waals surface area contributed by atoms with Crippen LogP contribution in [0, 0.1) is 0 Å². The van der Waals surface area contributed by atoms with Gasteiger partial charge < -0.3 is 0 Å². The van der Waals surface area contributed by atoms with Crippen LogP contribution < -0.4 is 9.45 Å². The molecule has 0 amide bonds. The van der Waals surface area contributed by atoms with E-state index in [9.17, 15) is 0 Å². The van der Waals surface area contributed by atoms with E-state index in [0.29, 0.717) is 6.54 Å². The van der Waals surface area contributed by atoms with Crippen molar-refractivity contribution in [3.63, 3.8) is 0 Å². The summed E-state index contributed by atoms with van der Waals surface area (Å²) in [5, 5.41) is 0. The molecule has 0 aromatic rings. The van der Waals surface area contributed by atoms with Crippen molar-refractivity contribution in [3.05, 3.63) is 0 Å². The van der Waals surface area contributed by atoms with E-state index in [2.05, 4.69) is 25.0 Å². The molecule has 0 bridgehead atoms. The van der Waals surface area contributed by atoms with Gasteiger partial charge in [0.25, 0.3) is 0 Å². The molecule has 0 atom stereocenters. The quantitative estimate of drug-likeness (QED) is 0.517. The standard InChI is InChI=1S/C2H7N2.Ag/c3-1-2-4;/h3H,1-2,4H2;/q-1;+1. The van der Waals surface area contributed by atoms with Crippen molar-refractivity contribution >= 4 is 0 Å². The van der Waals surface area contributed by atoms with Crippen molar-refractivity contribution in [1.82, 2.24) is 3.72 Å². The molecule has 3 heteroatoms. The number of rotatable bonds is 2. The Morgan fingerprint density at radius 1 is 1.80 bits per heavy atom. The molecule has 5 heavy (non-hydrogen) atoms. The minimum absolute atomic E-state index is 0.685. The predicted molar refractivity (Wildman–Crippen MR) is 17.1 cm³/mol. The zero-order valence-corrected chi connectivity index (χ0v) is 4.28. The van der Waals surface area contributed by atoms with Crippen molar-refractivity contribution in [2.45, 2.75) is 0 Å². The second kappa shape index (κ2) is 4.66. The summed E-state index contributed by atoms with van der Waals surface area (Å²) in [5.41, 5.74) is 5.05. The van der Waals surface area contributed by atoms with Gasteiger partial charge in [-0.3, -0.25) is 0 Å². The van der Waals surface area contributed by atoms with Crippen molar-refractivity contribution < 1.29 is 21.3 Å². The molecule has 0 heterocycles.